The van der Waals surface area contributed by atoms with Crippen LogP contribution < -0.4 is 9.47 Å². The van der Waals surface area contributed by atoms with Crippen LogP contribution in [0.5, 0.6) is 11.5 Å². The minimum Gasteiger partial charge on any atom is -0.490 e. The van der Waals surface area contributed by atoms with Crippen LogP contribution in [-0.4, -0.2) is 44.3 Å². The molecule has 0 saturated carbocycles. The largest absolute Gasteiger partial charge is 0.490 e. The topological polar surface area (TPSA) is 97.4 Å². The van der Waals surface area contributed by atoms with Gasteiger partial charge in [-0.2, -0.15) is 0 Å². The van der Waals surface area contributed by atoms with Crippen LogP contribution in [0, 0.1) is 5.82 Å². The van der Waals surface area contributed by atoms with Crippen molar-refractivity contribution in [1.82, 2.24) is 0 Å². The molecule has 0 aliphatic heterocycles. The van der Waals surface area contributed by atoms with Crippen LogP contribution in [0.25, 0.3) is 22.3 Å². The standard InChI is InChI=1S/C36H35FO8/c1-22(2)25(7)41-16-18-44-36(40)31-15-11-28(21-33(31)42-17-19-43-34(38)23(3)4)27-10-14-30(32(37)20-27)26-8-12-29(13-9-26)45-35(39)24(5)6/h8-15,20-21H,1,3,5,7,16-19H2,2,4,6H3. The lowest BCUT2D eigenvalue weighted by Crippen LogP contribution is -2.15. The fourth-order valence-corrected chi connectivity index (χ4v) is 3.72. The lowest BCUT2D eigenvalue weighted by atomic mass is 9.98. The Kier molecular flexibility index (Phi) is 12.0. The van der Waals surface area contributed by atoms with Gasteiger partial charge in [0.1, 0.15) is 55.1 Å². The number of rotatable bonds is 15. The number of carbonyl (C=O) groups excluding carboxylic acids is 3. The molecule has 0 fully saturated rings. The van der Waals surface area contributed by atoms with Gasteiger partial charge in [0.25, 0.3) is 0 Å². The monoisotopic (exact) mass is 614 g/mol. The van der Waals surface area contributed by atoms with E-state index in [0.717, 1.165) is 0 Å². The lowest BCUT2D eigenvalue weighted by molar-refractivity contribution is -0.139. The van der Waals surface area contributed by atoms with Crippen LogP contribution in [0.1, 0.15) is 31.1 Å². The third-order valence-electron chi connectivity index (χ3n) is 6.22. The second-order valence-corrected chi connectivity index (χ2v) is 10.1. The van der Waals surface area contributed by atoms with E-state index in [0.29, 0.717) is 39.3 Å². The number of esters is 3. The number of hydrogen-bond donors (Lipinski definition) is 0. The zero-order chi connectivity index (χ0) is 33.1. The molecule has 0 aromatic heterocycles. The summed E-state index contributed by atoms with van der Waals surface area (Å²) in [6, 6.07) is 15.9. The predicted octanol–water partition coefficient (Wildman–Crippen LogP) is 7.40. The molecule has 3 rings (SSSR count). The maximum Gasteiger partial charge on any atom is 0.342 e. The van der Waals surface area contributed by atoms with Crippen LogP contribution in [0.2, 0.25) is 0 Å². The average Bonchev–Trinajstić information content (AvgIpc) is 3.01. The second kappa shape index (κ2) is 15.9. The number of allylic oxidation sites excluding steroid dienone is 1. The number of halogens is 1. The van der Waals surface area contributed by atoms with Crippen molar-refractivity contribution in [2.45, 2.75) is 20.8 Å². The van der Waals surface area contributed by atoms with Crippen molar-refractivity contribution in [3.05, 3.63) is 121 Å². The molecule has 45 heavy (non-hydrogen) atoms. The third-order valence-corrected chi connectivity index (χ3v) is 6.22. The van der Waals surface area contributed by atoms with E-state index in [1.807, 2.05) is 0 Å². The van der Waals surface area contributed by atoms with E-state index < -0.39 is 23.7 Å². The maximum atomic E-state index is 15.3. The van der Waals surface area contributed by atoms with Gasteiger partial charge in [0.05, 0.1) is 0 Å². The van der Waals surface area contributed by atoms with Gasteiger partial charge in [0, 0.05) is 16.7 Å². The molecule has 0 aliphatic rings. The molecule has 0 radical (unpaired) electrons. The number of ether oxygens (including phenoxy) is 5. The summed E-state index contributed by atoms with van der Waals surface area (Å²) in [6.45, 7) is 19.2. The van der Waals surface area contributed by atoms with Gasteiger partial charge in [-0.25, -0.2) is 18.8 Å². The van der Waals surface area contributed by atoms with Gasteiger partial charge in [-0.1, -0.05) is 56.6 Å². The molecule has 0 N–H and O–H groups in total. The van der Waals surface area contributed by atoms with Gasteiger partial charge in [-0.05, 0) is 73.4 Å². The smallest absolute Gasteiger partial charge is 0.342 e. The highest BCUT2D eigenvalue weighted by Gasteiger charge is 2.17. The Balaban J connectivity index is 1.80. The highest BCUT2D eigenvalue weighted by Crippen LogP contribution is 2.32. The molecule has 0 unspecified atom stereocenters. The molecule has 0 aliphatic carbocycles. The fraction of sp³-hybridized carbons (Fsp3) is 0.194. The van der Waals surface area contributed by atoms with Crippen molar-refractivity contribution in [2.24, 2.45) is 0 Å². The Hall–Kier alpha value is -5.44. The molecule has 0 bridgehead atoms. The van der Waals surface area contributed by atoms with Gasteiger partial charge in [0.15, 0.2) is 0 Å². The molecule has 0 saturated heterocycles. The van der Waals surface area contributed by atoms with Gasteiger partial charge in [0.2, 0.25) is 0 Å². The van der Waals surface area contributed by atoms with E-state index in [1.165, 1.54) is 19.1 Å². The molecule has 9 heteroatoms. The molecule has 0 heterocycles. The van der Waals surface area contributed by atoms with Crippen molar-refractivity contribution in [1.29, 1.82) is 0 Å². The molecular formula is C36H35FO8. The maximum absolute atomic E-state index is 15.3. The van der Waals surface area contributed by atoms with Gasteiger partial charge < -0.3 is 23.7 Å². The minimum absolute atomic E-state index is 0.0491. The zero-order valence-electron chi connectivity index (χ0n) is 25.6. The lowest BCUT2D eigenvalue weighted by Gasteiger charge is -2.14. The van der Waals surface area contributed by atoms with Crippen LogP contribution in [0.4, 0.5) is 4.39 Å². The number of carbonyl (C=O) groups is 3. The highest BCUT2D eigenvalue weighted by molar-refractivity contribution is 5.93. The van der Waals surface area contributed by atoms with Crippen LogP contribution >= 0.6 is 0 Å². The summed E-state index contributed by atoms with van der Waals surface area (Å²) in [5.41, 5.74) is 3.28. The quantitative estimate of drug-likeness (QED) is 0.0436. The van der Waals surface area contributed by atoms with Crippen molar-refractivity contribution in [2.75, 3.05) is 26.4 Å². The molecular weight excluding hydrogens is 579 g/mol. The summed E-state index contributed by atoms with van der Waals surface area (Å²) in [6.07, 6.45) is 0. The van der Waals surface area contributed by atoms with Crippen molar-refractivity contribution in [3.8, 4) is 33.8 Å². The van der Waals surface area contributed by atoms with E-state index in [4.69, 9.17) is 23.7 Å². The number of benzene rings is 3. The first-order valence-corrected chi connectivity index (χ1v) is 13.9. The van der Waals surface area contributed by atoms with E-state index in [2.05, 4.69) is 26.3 Å². The van der Waals surface area contributed by atoms with E-state index in [9.17, 15) is 14.4 Å². The Morgan fingerprint density at radius 1 is 0.644 bits per heavy atom. The Labute approximate surface area is 262 Å². The summed E-state index contributed by atoms with van der Waals surface area (Å²) in [7, 11) is 0. The van der Waals surface area contributed by atoms with Crippen LogP contribution in [0.3, 0.4) is 0 Å². The molecule has 234 valence electrons. The second-order valence-electron chi connectivity index (χ2n) is 10.1. The van der Waals surface area contributed by atoms with E-state index >= 15 is 4.39 Å². The first-order chi connectivity index (χ1) is 21.4. The Morgan fingerprint density at radius 3 is 1.84 bits per heavy atom. The minimum atomic E-state index is -0.668. The van der Waals surface area contributed by atoms with E-state index in [1.54, 1.807) is 62.4 Å². The molecule has 3 aromatic carbocycles. The Morgan fingerprint density at radius 2 is 1.22 bits per heavy atom. The predicted molar refractivity (Wildman–Crippen MR) is 169 cm³/mol. The summed E-state index contributed by atoms with van der Waals surface area (Å²) < 4.78 is 42.1. The van der Waals surface area contributed by atoms with Crippen LogP contribution in [0.15, 0.2) is 109 Å². The first-order valence-electron chi connectivity index (χ1n) is 13.9. The molecule has 0 spiro atoms. The van der Waals surface area contributed by atoms with Gasteiger partial charge in [-0.3, -0.25) is 0 Å². The summed E-state index contributed by atoms with van der Waals surface area (Å²) in [5.74, 6) is -1.42. The van der Waals surface area contributed by atoms with Gasteiger partial charge >= 0.3 is 17.9 Å². The molecule has 0 atom stereocenters. The Bertz CT molecular complexity index is 1640. The summed E-state index contributed by atoms with van der Waals surface area (Å²) in [5, 5.41) is 0. The molecule has 3 aromatic rings. The summed E-state index contributed by atoms with van der Waals surface area (Å²) >= 11 is 0. The summed E-state index contributed by atoms with van der Waals surface area (Å²) in [4.78, 5) is 36.4. The third kappa shape index (κ3) is 9.79. The van der Waals surface area contributed by atoms with Crippen molar-refractivity contribution < 1.29 is 42.5 Å². The van der Waals surface area contributed by atoms with Crippen molar-refractivity contribution >= 4 is 17.9 Å². The SMILES string of the molecule is C=C(C)C(=C)OCCOC(=O)c1ccc(-c2ccc(-c3ccc(OC(=O)C(=C)C)cc3)c(F)c2)cc1OCCOC(=O)C(=C)C. The first kappa shape index (κ1) is 34.1. The normalized spacial score (nSPS) is 10.3. The zero-order valence-corrected chi connectivity index (χ0v) is 25.6. The van der Waals surface area contributed by atoms with Crippen molar-refractivity contribution in [3.63, 3.8) is 0 Å². The van der Waals surface area contributed by atoms with Crippen LogP contribution in [-0.2, 0) is 23.8 Å². The fourth-order valence-electron chi connectivity index (χ4n) is 3.72. The number of hydrogen-bond acceptors (Lipinski definition) is 8. The highest BCUT2D eigenvalue weighted by atomic mass is 19.1. The van der Waals surface area contributed by atoms with Gasteiger partial charge in [-0.15, -0.1) is 0 Å². The average molecular weight is 615 g/mol. The molecule has 8 nitrogen and oxygen atoms in total. The van der Waals surface area contributed by atoms with E-state index in [-0.39, 0.29) is 48.9 Å². The molecule has 0 amide bonds.